The second kappa shape index (κ2) is 6.66. The van der Waals surface area contributed by atoms with Crippen molar-refractivity contribution in [2.24, 2.45) is 5.73 Å². The van der Waals surface area contributed by atoms with Crippen LogP contribution in [-0.2, 0) is 17.6 Å². The van der Waals surface area contributed by atoms with Crippen molar-refractivity contribution in [3.8, 4) is 0 Å². The van der Waals surface area contributed by atoms with E-state index in [1.165, 1.54) is 10.6 Å². The van der Waals surface area contributed by atoms with Gasteiger partial charge in [-0.2, -0.15) is 4.98 Å². The van der Waals surface area contributed by atoms with Crippen molar-refractivity contribution in [3.63, 3.8) is 0 Å². The minimum atomic E-state index is 0.288. The number of carbonyl (C=O) groups is 1. The molecule has 1 aromatic carbocycles. The minimum absolute atomic E-state index is 0.288. The zero-order valence-corrected chi connectivity index (χ0v) is 13.8. The van der Waals surface area contributed by atoms with Gasteiger partial charge < -0.3 is 15.2 Å². The van der Waals surface area contributed by atoms with E-state index in [0.29, 0.717) is 18.9 Å². The van der Waals surface area contributed by atoms with Crippen LogP contribution in [0.3, 0.4) is 0 Å². The number of H-pyrrole nitrogens is 1. The van der Waals surface area contributed by atoms with E-state index >= 15 is 0 Å². The third kappa shape index (κ3) is 3.01. The third-order valence-corrected chi connectivity index (χ3v) is 4.50. The summed E-state index contributed by atoms with van der Waals surface area (Å²) in [6.07, 6.45) is 5.14. The van der Waals surface area contributed by atoms with E-state index in [9.17, 15) is 4.79 Å². The molecule has 130 valence electrons. The molecule has 1 aliphatic rings. The molecule has 0 spiro atoms. The van der Waals surface area contributed by atoms with E-state index in [-0.39, 0.29) is 5.95 Å². The second-order valence-electron chi connectivity index (χ2n) is 6.15. The third-order valence-electron chi connectivity index (χ3n) is 4.50. The fourth-order valence-corrected chi connectivity index (χ4v) is 3.04. The van der Waals surface area contributed by atoms with Crippen LogP contribution >= 0.6 is 0 Å². The predicted molar refractivity (Wildman–Crippen MR) is 92.9 cm³/mol. The molecule has 1 aliphatic heterocycles. The molecule has 1 amide bonds. The summed E-state index contributed by atoms with van der Waals surface area (Å²) >= 11 is 0. The number of hydrogen-bond acceptors (Lipinski definition) is 6. The smallest absolute Gasteiger partial charge is 0.287 e. The van der Waals surface area contributed by atoms with Crippen molar-refractivity contribution in [1.29, 1.82) is 0 Å². The van der Waals surface area contributed by atoms with Crippen molar-refractivity contribution in [2.75, 3.05) is 24.6 Å². The largest absolute Gasteiger partial charge is 0.361 e. The number of benzene rings is 1. The van der Waals surface area contributed by atoms with Gasteiger partial charge >= 0.3 is 0 Å². The summed E-state index contributed by atoms with van der Waals surface area (Å²) < 4.78 is 5.33. The average Bonchev–Trinajstić information content (AvgIpc) is 3.19. The lowest BCUT2D eigenvalue weighted by Gasteiger charge is -2.35. The topological polar surface area (TPSA) is 104 Å². The average molecular weight is 340 g/mol. The first-order valence-electron chi connectivity index (χ1n) is 8.39. The molecule has 8 nitrogen and oxygen atoms in total. The first-order chi connectivity index (χ1) is 12.3. The fourth-order valence-electron chi connectivity index (χ4n) is 3.04. The molecule has 1 saturated heterocycles. The Balaban J connectivity index is 1.54. The normalized spacial score (nSPS) is 14.6. The number of anilines is 1. The van der Waals surface area contributed by atoms with Gasteiger partial charge in [-0.1, -0.05) is 6.07 Å². The van der Waals surface area contributed by atoms with Crippen LogP contribution < -0.4 is 10.7 Å². The molecule has 0 bridgehead atoms. The van der Waals surface area contributed by atoms with Crippen LogP contribution in [0, 0.1) is 0 Å². The van der Waals surface area contributed by atoms with Gasteiger partial charge in [-0.25, -0.2) is 10.0 Å². The number of nitrogens with one attached hydrogen (secondary N) is 1. The molecule has 3 N–H and O–H groups in total. The Morgan fingerprint density at radius 3 is 3.00 bits per heavy atom. The molecule has 1 fully saturated rings. The summed E-state index contributed by atoms with van der Waals surface area (Å²) in [7, 11) is 0. The first kappa shape index (κ1) is 15.8. The van der Waals surface area contributed by atoms with E-state index in [1.54, 1.807) is 0 Å². The molecule has 8 heteroatoms. The summed E-state index contributed by atoms with van der Waals surface area (Å²) in [6.45, 7) is 2.27. The molecule has 25 heavy (non-hydrogen) atoms. The summed E-state index contributed by atoms with van der Waals surface area (Å²) in [5.41, 5.74) is 9.03. The highest BCUT2D eigenvalue weighted by atomic mass is 16.5. The van der Waals surface area contributed by atoms with Crippen molar-refractivity contribution in [1.82, 2.24) is 20.1 Å². The molecule has 0 unspecified atom stereocenters. The van der Waals surface area contributed by atoms with Crippen molar-refractivity contribution in [2.45, 2.75) is 19.3 Å². The number of rotatable bonds is 7. The molecule has 3 heterocycles. The maximum atomic E-state index is 11.3. The van der Waals surface area contributed by atoms with Crippen LogP contribution in [0.5, 0.6) is 0 Å². The van der Waals surface area contributed by atoms with Crippen LogP contribution in [0.15, 0.2) is 28.9 Å². The van der Waals surface area contributed by atoms with Crippen LogP contribution in [0.4, 0.5) is 5.95 Å². The van der Waals surface area contributed by atoms with Crippen molar-refractivity contribution < 1.29 is 9.32 Å². The van der Waals surface area contributed by atoms with Gasteiger partial charge in [0.15, 0.2) is 0 Å². The number of carbonyl (C=O) groups excluding carboxylic acids is 1. The highest BCUT2D eigenvalue weighted by molar-refractivity contribution is 5.84. The molecule has 0 atom stereocenters. The van der Waals surface area contributed by atoms with Crippen LogP contribution in [0.1, 0.15) is 23.4 Å². The highest BCUT2D eigenvalue weighted by Gasteiger charge is 2.25. The summed E-state index contributed by atoms with van der Waals surface area (Å²) in [4.78, 5) is 18.9. The van der Waals surface area contributed by atoms with Crippen LogP contribution in [0.2, 0.25) is 0 Å². The number of nitrogens with zero attached hydrogens (tertiary/aromatic N) is 4. The van der Waals surface area contributed by atoms with Gasteiger partial charge in [0.2, 0.25) is 12.3 Å². The Morgan fingerprint density at radius 1 is 1.40 bits per heavy atom. The zero-order chi connectivity index (χ0) is 17.2. The Labute approximate surface area is 144 Å². The Hall–Kier alpha value is -2.71. The van der Waals surface area contributed by atoms with Gasteiger partial charge in [-0.3, -0.25) is 4.79 Å². The maximum Gasteiger partial charge on any atom is 0.287 e. The molecular formula is C17H20N6O2. The fraction of sp³-hybridized carbons (Fsp3) is 0.353. The number of nitrogens with two attached hydrogens (primary N) is 1. The Kier molecular flexibility index (Phi) is 4.21. The number of amides is 1. The van der Waals surface area contributed by atoms with E-state index < -0.39 is 0 Å². The van der Waals surface area contributed by atoms with Gasteiger partial charge in [0, 0.05) is 30.2 Å². The molecule has 4 rings (SSSR count). The summed E-state index contributed by atoms with van der Waals surface area (Å²) in [5, 5.41) is 8.38. The molecule has 3 aromatic rings. The van der Waals surface area contributed by atoms with E-state index in [0.717, 1.165) is 48.8 Å². The molecule has 0 aliphatic carbocycles. The van der Waals surface area contributed by atoms with Crippen LogP contribution in [0.25, 0.3) is 10.9 Å². The predicted octanol–water partition coefficient (Wildman–Crippen LogP) is 1.23. The molecule has 0 saturated carbocycles. The SMILES string of the molecule is NCCc1c[nH]c2ccc(Cc3nc(N(C=O)N4CCC4)no3)cc12. The second-order valence-corrected chi connectivity index (χ2v) is 6.15. The highest BCUT2D eigenvalue weighted by Crippen LogP contribution is 2.22. The summed E-state index contributed by atoms with van der Waals surface area (Å²) in [6, 6.07) is 6.19. The first-order valence-corrected chi connectivity index (χ1v) is 8.39. The zero-order valence-electron chi connectivity index (χ0n) is 13.8. The van der Waals surface area contributed by atoms with Gasteiger partial charge in [0.1, 0.15) is 0 Å². The monoisotopic (exact) mass is 340 g/mol. The van der Waals surface area contributed by atoms with Gasteiger partial charge in [0.25, 0.3) is 5.95 Å². The van der Waals surface area contributed by atoms with Gasteiger partial charge in [-0.05, 0) is 47.8 Å². The lowest BCUT2D eigenvalue weighted by Crippen LogP contribution is -2.50. The number of fused-ring (bicyclic) bond motifs is 1. The molecular weight excluding hydrogens is 320 g/mol. The Bertz CT molecular complexity index is 882. The maximum absolute atomic E-state index is 11.3. The number of hydrogen-bond donors (Lipinski definition) is 2. The Morgan fingerprint density at radius 2 is 2.28 bits per heavy atom. The molecule has 2 aromatic heterocycles. The number of aromatic amines is 1. The standard InChI is InChI=1S/C17H20N6O2/c18-5-4-13-10-19-15-3-2-12(8-14(13)15)9-16-20-17(21-25-16)23(11-24)22-6-1-7-22/h2-3,8,10-11,19H,1,4-7,9,18H2. The summed E-state index contributed by atoms with van der Waals surface area (Å²) in [5.74, 6) is 0.772. The lowest BCUT2D eigenvalue weighted by molar-refractivity contribution is -0.111. The van der Waals surface area contributed by atoms with Crippen molar-refractivity contribution in [3.05, 3.63) is 41.4 Å². The quantitative estimate of drug-likeness (QED) is 0.627. The molecule has 0 radical (unpaired) electrons. The minimum Gasteiger partial charge on any atom is -0.361 e. The van der Waals surface area contributed by atoms with E-state index in [4.69, 9.17) is 10.3 Å². The van der Waals surface area contributed by atoms with Gasteiger partial charge in [-0.15, -0.1) is 0 Å². The lowest BCUT2D eigenvalue weighted by atomic mass is 10.1. The van der Waals surface area contributed by atoms with Crippen molar-refractivity contribution >= 4 is 23.3 Å². The van der Waals surface area contributed by atoms with Gasteiger partial charge in [0.05, 0.1) is 6.42 Å². The van der Waals surface area contributed by atoms with E-state index in [1.807, 2.05) is 23.3 Å². The number of aromatic nitrogens is 3. The number of hydrazine groups is 1. The van der Waals surface area contributed by atoms with E-state index in [2.05, 4.69) is 21.2 Å². The van der Waals surface area contributed by atoms with Crippen LogP contribution in [-0.4, -0.2) is 46.2 Å².